The highest BCUT2D eigenvalue weighted by molar-refractivity contribution is 6.30. The van der Waals surface area contributed by atoms with Gasteiger partial charge in [-0.25, -0.2) is 0 Å². The van der Waals surface area contributed by atoms with Gasteiger partial charge in [0.1, 0.15) is 5.41 Å². The summed E-state index contributed by atoms with van der Waals surface area (Å²) in [4.78, 5) is 30.0. The summed E-state index contributed by atoms with van der Waals surface area (Å²) in [6.07, 6.45) is 1.23. The standard InChI is InChI=1S/C22H24ClN3O2/c1-16-3-2-4-19(15-16)25-11-13-26(14-12-25)21(28)22(9-10-22)20(27)24-18-7-5-17(23)6-8-18/h2-8,15H,9-14H2,1H3,(H,24,27). The van der Waals surface area contributed by atoms with Crippen molar-refractivity contribution in [2.24, 2.45) is 5.41 Å². The first-order chi connectivity index (χ1) is 13.5. The van der Waals surface area contributed by atoms with Crippen LogP contribution in [0.15, 0.2) is 48.5 Å². The Morgan fingerprint density at radius 2 is 1.68 bits per heavy atom. The Hall–Kier alpha value is -2.53. The van der Waals surface area contributed by atoms with Crippen molar-refractivity contribution in [2.75, 3.05) is 36.4 Å². The van der Waals surface area contributed by atoms with Crippen molar-refractivity contribution in [1.82, 2.24) is 4.90 Å². The third-order valence-electron chi connectivity index (χ3n) is 5.63. The molecule has 2 amide bonds. The number of nitrogens with one attached hydrogen (secondary N) is 1. The van der Waals surface area contributed by atoms with Crippen LogP contribution in [0, 0.1) is 12.3 Å². The molecular formula is C22H24ClN3O2. The zero-order chi connectivity index (χ0) is 19.7. The smallest absolute Gasteiger partial charge is 0.240 e. The van der Waals surface area contributed by atoms with Crippen LogP contribution in [-0.4, -0.2) is 42.9 Å². The molecule has 28 heavy (non-hydrogen) atoms. The van der Waals surface area contributed by atoms with Gasteiger partial charge >= 0.3 is 0 Å². The molecule has 4 rings (SSSR count). The second-order valence-corrected chi connectivity index (χ2v) is 8.10. The average molecular weight is 398 g/mol. The normalized spacial score (nSPS) is 17.9. The zero-order valence-corrected chi connectivity index (χ0v) is 16.7. The molecule has 1 saturated carbocycles. The van der Waals surface area contributed by atoms with E-state index in [1.807, 2.05) is 4.90 Å². The molecule has 0 unspecified atom stereocenters. The number of carbonyl (C=O) groups excluding carboxylic acids is 2. The van der Waals surface area contributed by atoms with E-state index in [2.05, 4.69) is 41.4 Å². The Balaban J connectivity index is 1.38. The number of piperazine rings is 1. The number of hydrogen-bond acceptors (Lipinski definition) is 3. The molecule has 0 aromatic heterocycles. The lowest BCUT2D eigenvalue weighted by molar-refractivity contribution is -0.142. The largest absolute Gasteiger partial charge is 0.368 e. The number of benzene rings is 2. The van der Waals surface area contributed by atoms with Gasteiger partial charge in [0.25, 0.3) is 0 Å². The van der Waals surface area contributed by atoms with E-state index in [1.165, 1.54) is 11.3 Å². The molecule has 1 heterocycles. The molecule has 1 aliphatic carbocycles. The maximum atomic E-state index is 13.1. The van der Waals surface area contributed by atoms with Crippen molar-refractivity contribution in [3.63, 3.8) is 0 Å². The first kappa shape index (κ1) is 18.8. The van der Waals surface area contributed by atoms with Gasteiger partial charge in [-0.05, 0) is 61.7 Å². The van der Waals surface area contributed by atoms with Crippen LogP contribution in [0.3, 0.4) is 0 Å². The fourth-order valence-electron chi connectivity index (χ4n) is 3.74. The minimum absolute atomic E-state index is 0.0390. The maximum Gasteiger partial charge on any atom is 0.240 e. The SMILES string of the molecule is Cc1cccc(N2CCN(C(=O)C3(C(=O)Nc4ccc(Cl)cc4)CC3)CC2)c1. The zero-order valence-electron chi connectivity index (χ0n) is 16.0. The molecule has 0 spiro atoms. The highest BCUT2D eigenvalue weighted by Crippen LogP contribution is 2.48. The van der Waals surface area contributed by atoms with Crippen LogP contribution in [0.4, 0.5) is 11.4 Å². The molecule has 0 atom stereocenters. The van der Waals surface area contributed by atoms with Crippen molar-refractivity contribution in [3.05, 3.63) is 59.1 Å². The lowest BCUT2D eigenvalue weighted by atomic mass is 10.0. The monoisotopic (exact) mass is 397 g/mol. The van der Waals surface area contributed by atoms with Gasteiger partial charge in [-0.1, -0.05) is 23.7 Å². The Bertz CT molecular complexity index is 885. The van der Waals surface area contributed by atoms with Crippen molar-refractivity contribution in [3.8, 4) is 0 Å². The maximum absolute atomic E-state index is 13.1. The van der Waals surface area contributed by atoms with Crippen molar-refractivity contribution >= 4 is 34.8 Å². The molecule has 1 aliphatic heterocycles. The fourth-order valence-corrected chi connectivity index (χ4v) is 3.87. The molecule has 2 fully saturated rings. The van der Waals surface area contributed by atoms with Crippen LogP contribution in [0.25, 0.3) is 0 Å². The van der Waals surface area contributed by atoms with Crippen molar-refractivity contribution in [2.45, 2.75) is 19.8 Å². The van der Waals surface area contributed by atoms with Crippen LogP contribution in [0.5, 0.6) is 0 Å². The van der Waals surface area contributed by atoms with Gasteiger partial charge in [0.05, 0.1) is 0 Å². The number of amides is 2. The van der Waals surface area contributed by atoms with Crippen LogP contribution in [0.1, 0.15) is 18.4 Å². The Kier molecular flexibility index (Phi) is 5.02. The molecule has 1 N–H and O–H groups in total. The Morgan fingerprint density at radius 3 is 2.29 bits per heavy atom. The second kappa shape index (κ2) is 7.47. The topological polar surface area (TPSA) is 52.7 Å². The van der Waals surface area contributed by atoms with E-state index in [1.54, 1.807) is 24.3 Å². The first-order valence-electron chi connectivity index (χ1n) is 9.66. The summed E-state index contributed by atoms with van der Waals surface area (Å²) in [6.45, 7) is 4.93. The molecule has 0 radical (unpaired) electrons. The van der Waals surface area contributed by atoms with Gasteiger partial charge in [-0.2, -0.15) is 0 Å². The third-order valence-corrected chi connectivity index (χ3v) is 5.88. The van der Waals surface area contributed by atoms with Gasteiger partial charge in [0.2, 0.25) is 11.8 Å². The number of halogens is 1. The van der Waals surface area contributed by atoms with E-state index in [4.69, 9.17) is 11.6 Å². The van der Waals surface area contributed by atoms with E-state index in [-0.39, 0.29) is 11.8 Å². The third kappa shape index (κ3) is 3.72. The summed E-state index contributed by atoms with van der Waals surface area (Å²) < 4.78 is 0. The van der Waals surface area contributed by atoms with E-state index < -0.39 is 5.41 Å². The predicted molar refractivity (Wildman–Crippen MR) is 112 cm³/mol. The predicted octanol–water partition coefficient (Wildman–Crippen LogP) is 3.72. The van der Waals surface area contributed by atoms with Gasteiger partial charge in [0.15, 0.2) is 0 Å². The summed E-state index contributed by atoms with van der Waals surface area (Å²) in [5.74, 6) is -0.246. The number of aryl methyl sites for hydroxylation is 1. The first-order valence-corrected chi connectivity index (χ1v) is 10.0. The van der Waals surface area contributed by atoms with Crippen LogP contribution in [0.2, 0.25) is 5.02 Å². The molecule has 6 heteroatoms. The summed E-state index contributed by atoms with van der Waals surface area (Å²) in [5.41, 5.74) is 2.18. The number of anilines is 2. The molecular weight excluding hydrogens is 374 g/mol. The quantitative estimate of drug-likeness (QED) is 0.800. The highest BCUT2D eigenvalue weighted by Gasteiger charge is 2.58. The van der Waals surface area contributed by atoms with Crippen LogP contribution < -0.4 is 10.2 Å². The van der Waals surface area contributed by atoms with Gasteiger partial charge in [-0.3, -0.25) is 9.59 Å². The lowest BCUT2D eigenvalue weighted by Crippen LogP contribution is -2.52. The fraction of sp³-hybridized carbons (Fsp3) is 0.364. The second-order valence-electron chi connectivity index (χ2n) is 7.66. The molecule has 2 aromatic rings. The Labute approximate surface area is 170 Å². The summed E-state index contributed by atoms with van der Waals surface area (Å²) in [7, 11) is 0. The van der Waals surface area contributed by atoms with Crippen LogP contribution >= 0.6 is 11.6 Å². The highest BCUT2D eigenvalue weighted by atomic mass is 35.5. The molecule has 2 aliphatic rings. The number of rotatable bonds is 4. The van der Waals surface area contributed by atoms with Crippen molar-refractivity contribution < 1.29 is 9.59 Å². The van der Waals surface area contributed by atoms with Gasteiger partial charge in [-0.15, -0.1) is 0 Å². The van der Waals surface area contributed by atoms with Crippen molar-refractivity contribution in [1.29, 1.82) is 0 Å². The minimum atomic E-state index is -0.898. The Morgan fingerprint density at radius 1 is 1.00 bits per heavy atom. The van der Waals surface area contributed by atoms with E-state index >= 15 is 0 Å². The number of nitrogens with zero attached hydrogens (tertiary/aromatic N) is 2. The molecule has 0 bridgehead atoms. The van der Waals surface area contributed by atoms with Crippen LogP contribution in [-0.2, 0) is 9.59 Å². The van der Waals surface area contributed by atoms with Gasteiger partial charge < -0.3 is 15.1 Å². The molecule has 2 aromatic carbocycles. The molecule has 5 nitrogen and oxygen atoms in total. The summed E-state index contributed by atoms with van der Waals surface area (Å²) in [6, 6.07) is 15.4. The summed E-state index contributed by atoms with van der Waals surface area (Å²) in [5, 5.41) is 3.49. The number of hydrogen-bond donors (Lipinski definition) is 1. The molecule has 146 valence electrons. The summed E-state index contributed by atoms with van der Waals surface area (Å²) >= 11 is 5.89. The van der Waals surface area contributed by atoms with E-state index in [0.717, 1.165) is 13.1 Å². The minimum Gasteiger partial charge on any atom is -0.368 e. The van der Waals surface area contributed by atoms with Gasteiger partial charge in [0, 0.05) is 42.6 Å². The molecule has 1 saturated heterocycles. The lowest BCUT2D eigenvalue weighted by Gasteiger charge is -2.37. The average Bonchev–Trinajstić information content (AvgIpc) is 3.51. The van der Waals surface area contributed by atoms with E-state index in [9.17, 15) is 9.59 Å². The number of carbonyl (C=O) groups is 2. The van der Waals surface area contributed by atoms with E-state index in [0.29, 0.717) is 36.6 Å².